The van der Waals surface area contributed by atoms with Crippen molar-refractivity contribution in [1.29, 1.82) is 0 Å². The van der Waals surface area contributed by atoms with Gasteiger partial charge < -0.3 is 9.47 Å². The SMILES string of the molecule is CCCCCOc1ccc(C(=O)Oc2ccc(C(=O)Cl)c(Cl)c2)cc1. The third-order valence-electron chi connectivity index (χ3n) is 3.47. The van der Waals surface area contributed by atoms with Crippen LogP contribution in [0.5, 0.6) is 11.5 Å². The van der Waals surface area contributed by atoms with Gasteiger partial charge in [0.1, 0.15) is 11.5 Å². The number of hydrogen-bond donors (Lipinski definition) is 0. The van der Waals surface area contributed by atoms with Crippen molar-refractivity contribution in [3.8, 4) is 11.5 Å². The van der Waals surface area contributed by atoms with E-state index in [9.17, 15) is 9.59 Å². The summed E-state index contributed by atoms with van der Waals surface area (Å²) in [4.78, 5) is 23.3. The van der Waals surface area contributed by atoms with Crippen molar-refractivity contribution in [3.05, 3.63) is 58.6 Å². The summed E-state index contributed by atoms with van der Waals surface area (Å²) in [6.45, 7) is 2.79. The van der Waals surface area contributed by atoms with Crippen molar-refractivity contribution in [2.75, 3.05) is 6.61 Å². The maximum atomic E-state index is 12.2. The van der Waals surface area contributed by atoms with Crippen LogP contribution in [0.3, 0.4) is 0 Å². The number of unbranched alkanes of at least 4 members (excludes halogenated alkanes) is 2. The molecule has 0 aliphatic heterocycles. The summed E-state index contributed by atoms with van der Waals surface area (Å²) in [5.41, 5.74) is 0.544. The number of ether oxygens (including phenoxy) is 2. The van der Waals surface area contributed by atoms with Gasteiger partial charge in [-0.2, -0.15) is 0 Å². The van der Waals surface area contributed by atoms with Crippen LogP contribution in [0, 0.1) is 0 Å². The minimum atomic E-state index is -0.669. The molecule has 0 atom stereocenters. The molecule has 0 saturated heterocycles. The molecule has 0 radical (unpaired) electrons. The molecular weight excluding hydrogens is 363 g/mol. The van der Waals surface area contributed by atoms with E-state index >= 15 is 0 Å². The first-order valence-corrected chi connectivity index (χ1v) is 8.71. The van der Waals surface area contributed by atoms with Crippen LogP contribution in [-0.2, 0) is 0 Å². The maximum absolute atomic E-state index is 12.2. The molecule has 0 spiro atoms. The number of halogens is 2. The molecule has 0 fully saturated rings. The molecule has 0 saturated carbocycles. The van der Waals surface area contributed by atoms with Gasteiger partial charge in [0, 0.05) is 6.07 Å². The predicted octanol–water partition coefficient (Wildman–Crippen LogP) is 5.51. The van der Waals surface area contributed by atoms with Crippen molar-refractivity contribution in [1.82, 2.24) is 0 Å². The maximum Gasteiger partial charge on any atom is 0.343 e. The topological polar surface area (TPSA) is 52.6 Å². The fourth-order valence-electron chi connectivity index (χ4n) is 2.11. The minimum Gasteiger partial charge on any atom is -0.494 e. The normalized spacial score (nSPS) is 10.4. The average molecular weight is 381 g/mol. The van der Waals surface area contributed by atoms with Crippen molar-refractivity contribution in [2.45, 2.75) is 26.2 Å². The van der Waals surface area contributed by atoms with Gasteiger partial charge in [-0.3, -0.25) is 4.79 Å². The van der Waals surface area contributed by atoms with E-state index in [0.717, 1.165) is 19.3 Å². The van der Waals surface area contributed by atoms with Gasteiger partial charge in [-0.15, -0.1) is 0 Å². The van der Waals surface area contributed by atoms with E-state index in [2.05, 4.69) is 6.92 Å². The standard InChI is InChI=1S/C19H18Cl2O4/c1-2-3-4-11-24-14-7-5-13(6-8-14)19(23)25-15-9-10-16(18(21)22)17(20)12-15/h5-10,12H,2-4,11H2,1H3. The summed E-state index contributed by atoms with van der Waals surface area (Å²) < 4.78 is 10.8. The lowest BCUT2D eigenvalue weighted by Gasteiger charge is -2.08. The summed E-state index contributed by atoms with van der Waals surface area (Å²) in [5.74, 6) is 0.413. The van der Waals surface area contributed by atoms with E-state index in [4.69, 9.17) is 32.7 Å². The highest BCUT2D eigenvalue weighted by Gasteiger charge is 2.12. The Bertz CT molecular complexity index is 742. The predicted molar refractivity (Wildman–Crippen MR) is 98.1 cm³/mol. The Kier molecular flexibility index (Phi) is 7.29. The molecule has 0 aliphatic rings. The molecule has 132 valence electrons. The molecule has 2 rings (SSSR count). The summed E-state index contributed by atoms with van der Waals surface area (Å²) in [7, 11) is 0. The van der Waals surface area contributed by atoms with Crippen molar-refractivity contribution >= 4 is 34.4 Å². The lowest BCUT2D eigenvalue weighted by atomic mass is 10.2. The quantitative estimate of drug-likeness (QED) is 0.262. The van der Waals surface area contributed by atoms with Gasteiger partial charge in [-0.05, 0) is 54.4 Å². The second-order valence-corrected chi connectivity index (χ2v) is 6.14. The average Bonchev–Trinajstić information content (AvgIpc) is 2.59. The van der Waals surface area contributed by atoms with Crippen LogP contribution >= 0.6 is 23.2 Å². The fourth-order valence-corrected chi connectivity index (χ4v) is 2.58. The van der Waals surface area contributed by atoms with Crippen LogP contribution in [0.25, 0.3) is 0 Å². The van der Waals surface area contributed by atoms with E-state index in [-0.39, 0.29) is 16.3 Å². The van der Waals surface area contributed by atoms with Gasteiger partial charge in [0.05, 0.1) is 22.8 Å². The number of carbonyl (C=O) groups excluding carboxylic acids is 2. The number of carbonyl (C=O) groups is 2. The Labute approximate surface area is 156 Å². The number of esters is 1. The van der Waals surface area contributed by atoms with Gasteiger partial charge in [-0.1, -0.05) is 31.4 Å². The summed E-state index contributed by atoms with van der Waals surface area (Å²) in [6, 6.07) is 11.0. The lowest BCUT2D eigenvalue weighted by Crippen LogP contribution is -2.08. The van der Waals surface area contributed by atoms with Crippen LogP contribution in [-0.4, -0.2) is 17.8 Å². The first-order chi connectivity index (χ1) is 12.0. The number of hydrogen-bond acceptors (Lipinski definition) is 4. The highest BCUT2D eigenvalue weighted by molar-refractivity contribution is 6.68. The highest BCUT2D eigenvalue weighted by Crippen LogP contribution is 2.24. The molecule has 0 N–H and O–H groups in total. The number of rotatable bonds is 8. The van der Waals surface area contributed by atoms with E-state index in [1.165, 1.54) is 18.2 Å². The van der Waals surface area contributed by atoms with Gasteiger partial charge >= 0.3 is 5.97 Å². The number of benzene rings is 2. The van der Waals surface area contributed by atoms with E-state index < -0.39 is 11.2 Å². The molecule has 4 nitrogen and oxygen atoms in total. The van der Waals surface area contributed by atoms with Gasteiger partial charge in [0.2, 0.25) is 0 Å². The molecule has 0 aliphatic carbocycles. The van der Waals surface area contributed by atoms with Crippen molar-refractivity contribution in [3.63, 3.8) is 0 Å². The van der Waals surface area contributed by atoms with Crippen LogP contribution in [0.2, 0.25) is 5.02 Å². The van der Waals surface area contributed by atoms with Gasteiger partial charge in [-0.25, -0.2) is 4.79 Å². The van der Waals surface area contributed by atoms with Crippen LogP contribution < -0.4 is 9.47 Å². The molecule has 2 aromatic rings. The molecule has 6 heteroatoms. The zero-order valence-electron chi connectivity index (χ0n) is 13.8. The summed E-state index contributed by atoms with van der Waals surface area (Å²) in [6.07, 6.45) is 3.26. The third-order valence-corrected chi connectivity index (χ3v) is 3.99. The summed E-state index contributed by atoms with van der Waals surface area (Å²) in [5, 5.41) is -0.543. The Balaban J connectivity index is 1.96. The second-order valence-electron chi connectivity index (χ2n) is 5.38. The Hall–Kier alpha value is -2.04. The molecule has 2 aromatic carbocycles. The molecular formula is C19H18Cl2O4. The fraction of sp³-hybridized carbons (Fsp3) is 0.263. The second kappa shape index (κ2) is 9.44. The van der Waals surface area contributed by atoms with Gasteiger partial charge in [0.25, 0.3) is 5.24 Å². The molecule has 0 unspecified atom stereocenters. The molecule has 0 heterocycles. The monoisotopic (exact) mass is 380 g/mol. The van der Waals surface area contributed by atoms with E-state index in [1.807, 2.05) is 0 Å². The highest BCUT2D eigenvalue weighted by atomic mass is 35.5. The van der Waals surface area contributed by atoms with Crippen LogP contribution in [0.1, 0.15) is 46.9 Å². The Morgan fingerprint density at radius 1 is 1.00 bits per heavy atom. The van der Waals surface area contributed by atoms with E-state index in [0.29, 0.717) is 17.9 Å². The smallest absolute Gasteiger partial charge is 0.343 e. The summed E-state index contributed by atoms with van der Waals surface area (Å²) >= 11 is 11.3. The van der Waals surface area contributed by atoms with Crippen LogP contribution in [0.4, 0.5) is 0 Å². The first-order valence-electron chi connectivity index (χ1n) is 7.95. The Morgan fingerprint density at radius 3 is 2.28 bits per heavy atom. The lowest BCUT2D eigenvalue weighted by molar-refractivity contribution is 0.0734. The molecule has 25 heavy (non-hydrogen) atoms. The van der Waals surface area contributed by atoms with E-state index in [1.54, 1.807) is 24.3 Å². The van der Waals surface area contributed by atoms with Crippen molar-refractivity contribution in [2.24, 2.45) is 0 Å². The minimum absolute atomic E-state index is 0.126. The largest absolute Gasteiger partial charge is 0.494 e. The third kappa shape index (κ3) is 5.76. The molecule has 0 aromatic heterocycles. The zero-order valence-corrected chi connectivity index (χ0v) is 15.3. The van der Waals surface area contributed by atoms with Gasteiger partial charge in [0.15, 0.2) is 0 Å². The first kappa shape index (κ1) is 19.3. The molecule has 0 amide bonds. The Morgan fingerprint density at radius 2 is 1.68 bits per heavy atom. The zero-order chi connectivity index (χ0) is 18.2. The molecule has 0 bridgehead atoms. The van der Waals surface area contributed by atoms with Crippen molar-refractivity contribution < 1.29 is 19.1 Å². The van der Waals surface area contributed by atoms with Crippen LogP contribution in [0.15, 0.2) is 42.5 Å².